The molecular formula is C17H11NO3. The quantitative estimate of drug-likeness (QED) is 0.580. The van der Waals surface area contributed by atoms with Gasteiger partial charge in [-0.3, -0.25) is 4.40 Å². The van der Waals surface area contributed by atoms with Crippen molar-refractivity contribution in [3.63, 3.8) is 0 Å². The predicted molar refractivity (Wildman–Crippen MR) is 80.5 cm³/mol. The largest absolute Gasteiger partial charge is 0.508 e. The summed E-state index contributed by atoms with van der Waals surface area (Å²) in [4.78, 5) is 12.1. The van der Waals surface area contributed by atoms with Gasteiger partial charge in [-0.1, -0.05) is 18.2 Å². The van der Waals surface area contributed by atoms with Gasteiger partial charge in [-0.15, -0.1) is 0 Å². The van der Waals surface area contributed by atoms with Crippen molar-refractivity contribution in [3.8, 4) is 16.9 Å². The average molecular weight is 277 g/mol. The van der Waals surface area contributed by atoms with E-state index in [-0.39, 0.29) is 11.4 Å². The zero-order valence-electron chi connectivity index (χ0n) is 11.0. The highest BCUT2D eigenvalue weighted by atomic mass is 16.4. The first-order valence-corrected chi connectivity index (χ1v) is 6.56. The van der Waals surface area contributed by atoms with Gasteiger partial charge in [0.1, 0.15) is 5.75 Å². The molecule has 0 spiro atoms. The van der Waals surface area contributed by atoms with Crippen LogP contribution in [0.15, 0.2) is 70.0 Å². The summed E-state index contributed by atoms with van der Waals surface area (Å²) in [6, 6.07) is 16.1. The Morgan fingerprint density at radius 2 is 1.71 bits per heavy atom. The average Bonchev–Trinajstić information content (AvgIpc) is 2.96. The highest BCUT2D eigenvalue weighted by Gasteiger charge is 2.08. The van der Waals surface area contributed by atoms with E-state index in [2.05, 4.69) is 0 Å². The van der Waals surface area contributed by atoms with Gasteiger partial charge >= 0.3 is 5.63 Å². The summed E-state index contributed by atoms with van der Waals surface area (Å²) >= 11 is 0. The number of phenolic OH excluding ortho intramolecular Hbond substituents is 1. The van der Waals surface area contributed by atoms with Crippen LogP contribution in [0.3, 0.4) is 0 Å². The number of aromatic nitrogens is 1. The molecule has 2 heterocycles. The Labute approximate surface area is 119 Å². The van der Waals surface area contributed by atoms with Gasteiger partial charge in [-0.25, -0.2) is 4.79 Å². The Morgan fingerprint density at radius 1 is 0.952 bits per heavy atom. The van der Waals surface area contributed by atoms with Gasteiger partial charge in [0.2, 0.25) is 5.71 Å². The molecule has 0 amide bonds. The smallest absolute Gasteiger partial charge is 0.346 e. The standard InChI is InChI=1S/C17H11NO3/c19-13-6-3-11(4-7-13)12-5-8-15-14(10-12)17(20)21-16-2-1-9-18(15)16/h1-10,19H. The summed E-state index contributed by atoms with van der Waals surface area (Å²) < 4.78 is 7.14. The number of hydrogen-bond acceptors (Lipinski definition) is 3. The lowest BCUT2D eigenvalue weighted by molar-refractivity contribution is 0.475. The van der Waals surface area contributed by atoms with Crippen LogP contribution in [0.4, 0.5) is 0 Å². The molecule has 0 aliphatic rings. The Balaban J connectivity index is 2.01. The zero-order valence-corrected chi connectivity index (χ0v) is 11.0. The number of aromatic hydroxyl groups is 1. The van der Waals surface area contributed by atoms with Crippen LogP contribution in [0.25, 0.3) is 27.7 Å². The van der Waals surface area contributed by atoms with E-state index in [0.717, 1.165) is 16.6 Å². The predicted octanol–water partition coefficient (Wildman–Crippen LogP) is 3.42. The van der Waals surface area contributed by atoms with Crippen molar-refractivity contribution in [2.75, 3.05) is 0 Å². The summed E-state index contributed by atoms with van der Waals surface area (Å²) in [5.41, 5.74) is 2.83. The molecule has 21 heavy (non-hydrogen) atoms. The molecule has 0 atom stereocenters. The van der Waals surface area contributed by atoms with Crippen molar-refractivity contribution >= 4 is 16.6 Å². The second kappa shape index (κ2) is 4.24. The molecule has 2 aromatic heterocycles. The molecule has 0 bridgehead atoms. The molecule has 0 aliphatic carbocycles. The molecule has 0 radical (unpaired) electrons. The number of benzene rings is 2. The van der Waals surface area contributed by atoms with E-state index in [1.165, 1.54) is 0 Å². The van der Waals surface area contributed by atoms with Crippen molar-refractivity contribution in [1.82, 2.24) is 4.40 Å². The third kappa shape index (κ3) is 1.80. The van der Waals surface area contributed by atoms with Crippen LogP contribution in [0.2, 0.25) is 0 Å². The maximum atomic E-state index is 12.1. The topological polar surface area (TPSA) is 54.9 Å². The first-order chi connectivity index (χ1) is 10.2. The molecule has 4 rings (SSSR count). The lowest BCUT2D eigenvalue weighted by atomic mass is 10.0. The fourth-order valence-corrected chi connectivity index (χ4v) is 2.54. The van der Waals surface area contributed by atoms with Crippen molar-refractivity contribution in [2.24, 2.45) is 0 Å². The third-order valence-corrected chi connectivity index (χ3v) is 3.59. The van der Waals surface area contributed by atoms with Gasteiger partial charge in [0, 0.05) is 12.3 Å². The van der Waals surface area contributed by atoms with Gasteiger partial charge in [0.05, 0.1) is 10.9 Å². The zero-order chi connectivity index (χ0) is 14.4. The molecule has 0 saturated carbocycles. The molecule has 0 fully saturated rings. The molecule has 4 heteroatoms. The minimum Gasteiger partial charge on any atom is -0.508 e. The number of rotatable bonds is 1. The molecule has 102 valence electrons. The first kappa shape index (κ1) is 11.8. The van der Waals surface area contributed by atoms with Crippen LogP contribution in [0, 0.1) is 0 Å². The van der Waals surface area contributed by atoms with Crippen molar-refractivity contribution in [2.45, 2.75) is 0 Å². The van der Waals surface area contributed by atoms with Gasteiger partial charge in [-0.05, 0) is 41.5 Å². The van der Waals surface area contributed by atoms with Crippen molar-refractivity contribution in [3.05, 3.63) is 71.2 Å². The molecule has 4 nitrogen and oxygen atoms in total. The van der Waals surface area contributed by atoms with Crippen LogP contribution < -0.4 is 5.63 Å². The maximum Gasteiger partial charge on any atom is 0.346 e. The van der Waals surface area contributed by atoms with Crippen LogP contribution in [-0.4, -0.2) is 9.51 Å². The maximum absolute atomic E-state index is 12.1. The number of nitrogens with zero attached hydrogens (tertiary/aromatic N) is 1. The molecule has 0 saturated heterocycles. The molecule has 1 N–H and O–H groups in total. The highest BCUT2D eigenvalue weighted by Crippen LogP contribution is 2.25. The number of fused-ring (bicyclic) bond motifs is 3. The molecule has 2 aromatic carbocycles. The molecular weight excluding hydrogens is 266 g/mol. The highest BCUT2D eigenvalue weighted by molar-refractivity contribution is 5.85. The van der Waals surface area contributed by atoms with Crippen molar-refractivity contribution < 1.29 is 9.52 Å². The molecule has 0 unspecified atom stereocenters. The minimum atomic E-state index is -0.350. The monoisotopic (exact) mass is 277 g/mol. The Hall–Kier alpha value is -3.01. The fraction of sp³-hybridized carbons (Fsp3) is 0. The molecule has 0 aliphatic heterocycles. The summed E-state index contributed by atoms with van der Waals surface area (Å²) in [6.45, 7) is 0. The second-order valence-corrected chi connectivity index (χ2v) is 4.88. The van der Waals surface area contributed by atoms with Crippen LogP contribution in [0.5, 0.6) is 5.75 Å². The fourth-order valence-electron chi connectivity index (χ4n) is 2.54. The summed E-state index contributed by atoms with van der Waals surface area (Å²) in [7, 11) is 0. The summed E-state index contributed by atoms with van der Waals surface area (Å²) in [6.07, 6.45) is 1.86. The Morgan fingerprint density at radius 3 is 2.52 bits per heavy atom. The van der Waals surface area contributed by atoms with Gasteiger partial charge < -0.3 is 9.52 Å². The van der Waals surface area contributed by atoms with E-state index >= 15 is 0 Å². The van der Waals surface area contributed by atoms with Gasteiger partial charge in [0.15, 0.2) is 0 Å². The van der Waals surface area contributed by atoms with E-state index in [1.807, 2.05) is 47.0 Å². The van der Waals surface area contributed by atoms with E-state index in [9.17, 15) is 9.90 Å². The van der Waals surface area contributed by atoms with Crippen molar-refractivity contribution in [1.29, 1.82) is 0 Å². The van der Waals surface area contributed by atoms with Gasteiger partial charge in [0.25, 0.3) is 0 Å². The normalized spacial score (nSPS) is 11.2. The third-order valence-electron chi connectivity index (χ3n) is 3.59. The summed E-state index contributed by atoms with van der Waals surface area (Å²) in [5, 5.41) is 9.88. The first-order valence-electron chi connectivity index (χ1n) is 6.56. The Bertz CT molecular complexity index is 1010. The summed E-state index contributed by atoms with van der Waals surface area (Å²) in [5.74, 6) is 0.216. The molecule has 4 aromatic rings. The lowest BCUT2D eigenvalue weighted by Gasteiger charge is -2.05. The van der Waals surface area contributed by atoms with Gasteiger partial charge in [-0.2, -0.15) is 0 Å². The minimum absolute atomic E-state index is 0.216. The number of phenols is 1. The van der Waals surface area contributed by atoms with Crippen LogP contribution in [-0.2, 0) is 0 Å². The van der Waals surface area contributed by atoms with E-state index in [4.69, 9.17) is 4.42 Å². The number of hydrogen-bond donors (Lipinski definition) is 1. The lowest BCUT2D eigenvalue weighted by Crippen LogP contribution is -2.03. The van der Waals surface area contributed by atoms with E-state index in [1.54, 1.807) is 18.2 Å². The van der Waals surface area contributed by atoms with E-state index < -0.39 is 0 Å². The second-order valence-electron chi connectivity index (χ2n) is 4.88. The van der Waals surface area contributed by atoms with E-state index in [0.29, 0.717) is 11.1 Å². The Kier molecular flexibility index (Phi) is 2.38. The van der Waals surface area contributed by atoms with Crippen LogP contribution >= 0.6 is 0 Å². The SMILES string of the molecule is O=c1oc2cccn2c2ccc(-c3ccc(O)cc3)cc12. The van der Waals surface area contributed by atoms with Crippen LogP contribution in [0.1, 0.15) is 0 Å².